The minimum atomic E-state index is -1.21. The minimum Gasteiger partial charge on any atom is -0.432 e. The van der Waals surface area contributed by atoms with E-state index in [0.29, 0.717) is 73.4 Å². The topological polar surface area (TPSA) is 159 Å². The molecule has 0 spiro atoms. The number of imide groups is 1. The molecular formula is C33H41N3O10. The highest BCUT2D eigenvalue weighted by Crippen LogP contribution is 2.45. The highest BCUT2D eigenvalue weighted by molar-refractivity contribution is 6.01. The molecule has 1 atom stereocenters. The molecule has 0 aromatic heterocycles. The lowest BCUT2D eigenvalue weighted by molar-refractivity contribution is -0.177. The van der Waals surface area contributed by atoms with Crippen LogP contribution in [0.2, 0.25) is 0 Å². The van der Waals surface area contributed by atoms with Gasteiger partial charge in [-0.2, -0.15) is 0 Å². The van der Waals surface area contributed by atoms with Gasteiger partial charge in [-0.05, 0) is 59.4 Å². The molecule has 4 rings (SSSR count). The van der Waals surface area contributed by atoms with E-state index in [9.17, 15) is 24.0 Å². The fraction of sp³-hybridized carbons (Fsp3) is 0.485. The Kier molecular flexibility index (Phi) is 13.1. The van der Waals surface area contributed by atoms with Gasteiger partial charge in [0.25, 0.3) is 23.6 Å². The summed E-state index contributed by atoms with van der Waals surface area (Å²) in [5.41, 5.74) is 3.86. The lowest BCUT2D eigenvalue weighted by Gasteiger charge is -2.17. The van der Waals surface area contributed by atoms with Crippen LogP contribution >= 0.6 is 0 Å². The Morgan fingerprint density at radius 2 is 1.33 bits per heavy atom. The number of hydroxylamine groups is 2. The first-order valence-electron chi connectivity index (χ1n) is 15.5. The quantitative estimate of drug-likeness (QED) is 0.141. The first kappa shape index (κ1) is 34.5. The Morgan fingerprint density at radius 3 is 1.85 bits per heavy atom. The van der Waals surface area contributed by atoms with Crippen LogP contribution < -0.4 is 10.6 Å². The third-order valence-electron chi connectivity index (χ3n) is 7.55. The second-order valence-corrected chi connectivity index (χ2v) is 10.8. The fourth-order valence-corrected chi connectivity index (χ4v) is 5.17. The van der Waals surface area contributed by atoms with Crippen molar-refractivity contribution in [3.63, 3.8) is 0 Å². The molecule has 0 radical (unpaired) electrons. The number of rotatable bonds is 18. The number of carbonyl (C=O) groups excluding carboxylic acids is 5. The van der Waals surface area contributed by atoms with Crippen LogP contribution in [0.15, 0.2) is 36.4 Å². The normalized spacial score (nSPS) is 15.0. The van der Waals surface area contributed by atoms with E-state index in [4.69, 9.17) is 23.8 Å². The summed E-state index contributed by atoms with van der Waals surface area (Å²) < 4.78 is 21.4. The molecule has 13 heteroatoms. The Balaban J connectivity index is 1.47. The minimum absolute atomic E-state index is 0.0457. The molecule has 0 bridgehead atoms. The lowest BCUT2D eigenvalue weighted by Crippen LogP contribution is -2.32. The lowest BCUT2D eigenvalue weighted by atomic mass is 9.95. The summed E-state index contributed by atoms with van der Waals surface area (Å²) in [7, 11) is 1.62. The van der Waals surface area contributed by atoms with Gasteiger partial charge in [0, 0.05) is 69.9 Å². The summed E-state index contributed by atoms with van der Waals surface area (Å²) in [6.45, 7) is 5.02. The number of unbranched alkanes of at least 4 members (excludes halogenated alkanes) is 1. The molecule has 2 N–H and O–H groups in total. The molecule has 4 amide bonds. The van der Waals surface area contributed by atoms with Gasteiger partial charge in [-0.3, -0.25) is 24.0 Å². The third kappa shape index (κ3) is 9.12. The number of hydrogen-bond acceptors (Lipinski definition) is 10. The van der Waals surface area contributed by atoms with Crippen molar-refractivity contribution in [2.75, 3.05) is 59.8 Å². The van der Waals surface area contributed by atoms with Gasteiger partial charge in [0.1, 0.15) is 6.61 Å². The molecular weight excluding hydrogens is 598 g/mol. The van der Waals surface area contributed by atoms with Crippen molar-refractivity contribution in [2.24, 2.45) is 0 Å². The zero-order valence-electron chi connectivity index (χ0n) is 26.3. The van der Waals surface area contributed by atoms with Crippen molar-refractivity contribution in [3.05, 3.63) is 58.7 Å². The van der Waals surface area contributed by atoms with E-state index in [1.165, 1.54) is 0 Å². The van der Waals surface area contributed by atoms with E-state index >= 15 is 0 Å². The molecule has 248 valence electrons. The van der Waals surface area contributed by atoms with Crippen molar-refractivity contribution in [1.82, 2.24) is 15.7 Å². The molecule has 2 aromatic carbocycles. The number of fused-ring (bicyclic) bond motifs is 3. The highest BCUT2D eigenvalue weighted by atomic mass is 16.8. The van der Waals surface area contributed by atoms with E-state index in [0.717, 1.165) is 30.4 Å². The summed E-state index contributed by atoms with van der Waals surface area (Å²) in [6.07, 6.45) is 1.43. The van der Waals surface area contributed by atoms with Crippen molar-refractivity contribution >= 4 is 29.8 Å². The van der Waals surface area contributed by atoms with Gasteiger partial charge in [-0.1, -0.05) is 30.5 Å². The predicted molar refractivity (Wildman–Crippen MR) is 165 cm³/mol. The SMILES string of the molecule is CCCCOCCNC(=O)c1ccc2c(c1)C(COC(=O)ON1C(=O)CCC1=O)c1cc(C(=O)NCCOCCCOC)ccc1-2. The molecule has 46 heavy (non-hydrogen) atoms. The molecule has 1 fully saturated rings. The second-order valence-electron chi connectivity index (χ2n) is 10.8. The van der Waals surface area contributed by atoms with Gasteiger partial charge in [-0.25, -0.2) is 4.79 Å². The number of nitrogens with one attached hydrogen (secondary N) is 2. The second kappa shape index (κ2) is 17.4. The molecule has 13 nitrogen and oxygen atoms in total. The zero-order valence-corrected chi connectivity index (χ0v) is 26.3. The van der Waals surface area contributed by atoms with Crippen LogP contribution in [-0.4, -0.2) is 94.7 Å². The molecule has 2 aromatic rings. The smallest absolute Gasteiger partial charge is 0.432 e. The van der Waals surface area contributed by atoms with Gasteiger partial charge in [-0.15, -0.1) is 0 Å². The first-order chi connectivity index (χ1) is 22.3. The average Bonchev–Trinajstić information content (AvgIpc) is 3.55. The maximum absolute atomic E-state index is 13.0. The molecule has 1 heterocycles. The summed E-state index contributed by atoms with van der Waals surface area (Å²) in [5, 5.41) is 6.11. The van der Waals surface area contributed by atoms with Crippen molar-refractivity contribution < 1.29 is 47.8 Å². The third-order valence-corrected chi connectivity index (χ3v) is 7.55. The monoisotopic (exact) mass is 639 g/mol. The van der Waals surface area contributed by atoms with E-state index < -0.39 is 23.9 Å². The summed E-state index contributed by atoms with van der Waals surface area (Å²) in [4.78, 5) is 67.1. The Hall–Kier alpha value is -4.33. The fourth-order valence-electron chi connectivity index (χ4n) is 5.17. The summed E-state index contributed by atoms with van der Waals surface area (Å²) in [6, 6.07) is 10.5. The number of benzene rings is 2. The number of carbonyl (C=O) groups is 5. The van der Waals surface area contributed by atoms with E-state index in [1.54, 1.807) is 31.4 Å². The summed E-state index contributed by atoms with van der Waals surface area (Å²) >= 11 is 0. The van der Waals surface area contributed by atoms with E-state index in [2.05, 4.69) is 17.6 Å². The van der Waals surface area contributed by atoms with Crippen molar-refractivity contribution in [2.45, 2.75) is 44.9 Å². The maximum Gasteiger partial charge on any atom is 0.533 e. The van der Waals surface area contributed by atoms with Crippen LogP contribution in [0.5, 0.6) is 0 Å². The number of methoxy groups -OCH3 is 1. The van der Waals surface area contributed by atoms with Crippen molar-refractivity contribution in [1.29, 1.82) is 0 Å². The molecule has 2 aliphatic rings. The van der Waals surface area contributed by atoms with Crippen LogP contribution in [0.3, 0.4) is 0 Å². The van der Waals surface area contributed by atoms with Crippen LogP contribution in [-0.2, 0) is 33.4 Å². The largest absolute Gasteiger partial charge is 0.533 e. The maximum atomic E-state index is 13.0. The molecule has 1 saturated heterocycles. The molecule has 0 saturated carbocycles. The molecule has 1 aliphatic carbocycles. The number of amides is 4. The number of hydrogen-bond donors (Lipinski definition) is 2. The van der Waals surface area contributed by atoms with Crippen LogP contribution in [0.4, 0.5) is 4.79 Å². The number of ether oxygens (including phenoxy) is 4. The predicted octanol–water partition coefficient (Wildman–Crippen LogP) is 3.35. The zero-order chi connectivity index (χ0) is 32.9. The van der Waals surface area contributed by atoms with Gasteiger partial charge in [0.2, 0.25) is 0 Å². The average molecular weight is 640 g/mol. The number of nitrogens with zero attached hydrogens (tertiary/aromatic N) is 1. The van der Waals surface area contributed by atoms with Crippen LogP contribution in [0, 0.1) is 0 Å². The molecule has 1 unspecified atom stereocenters. The first-order valence-corrected chi connectivity index (χ1v) is 15.5. The van der Waals surface area contributed by atoms with Gasteiger partial charge >= 0.3 is 6.16 Å². The summed E-state index contributed by atoms with van der Waals surface area (Å²) in [5.74, 6) is -2.40. The van der Waals surface area contributed by atoms with Crippen LogP contribution in [0.25, 0.3) is 11.1 Å². The standard InChI is InChI=1S/C33H41N3O10/c1-3-4-15-43-17-12-34-31(39)22-6-8-24-25-9-7-23(32(40)35-13-18-44-16-5-14-42-2)20-27(25)28(26(24)19-22)21-45-33(41)46-36-29(37)10-11-30(36)38/h6-9,19-20,28H,3-5,10-18,21H2,1-2H3,(H,34,39)(H,35,40). The van der Waals surface area contributed by atoms with Crippen LogP contribution in [0.1, 0.15) is 76.8 Å². The Labute approximate surface area is 267 Å². The van der Waals surface area contributed by atoms with Gasteiger partial charge in [0.05, 0.1) is 13.2 Å². The van der Waals surface area contributed by atoms with Gasteiger partial charge in [0.15, 0.2) is 0 Å². The van der Waals surface area contributed by atoms with E-state index in [1.807, 2.05) is 12.1 Å². The van der Waals surface area contributed by atoms with Gasteiger partial charge < -0.3 is 29.6 Å². The highest BCUT2D eigenvalue weighted by Gasteiger charge is 2.35. The van der Waals surface area contributed by atoms with Crippen molar-refractivity contribution in [3.8, 4) is 11.1 Å². The Bertz CT molecular complexity index is 1400. The Morgan fingerprint density at radius 1 is 0.783 bits per heavy atom. The molecule has 1 aliphatic heterocycles. The van der Waals surface area contributed by atoms with E-state index in [-0.39, 0.29) is 31.3 Å².